The maximum absolute atomic E-state index is 11.7. The second-order valence-corrected chi connectivity index (χ2v) is 3.96. The summed E-state index contributed by atoms with van der Waals surface area (Å²) in [6.45, 7) is 3.77. The number of aliphatic carboxylic acids is 1. The SMILES string of the molecule is CCOc1ccc(OCC)c(NC(=O)COCC(=O)O)c1. The number of anilines is 1. The molecule has 0 heterocycles. The van der Waals surface area contributed by atoms with E-state index in [0.717, 1.165) is 0 Å². The third-order valence-electron chi connectivity index (χ3n) is 2.29. The largest absolute Gasteiger partial charge is 0.494 e. The molecule has 1 aromatic rings. The minimum absolute atomic E-state index is 0.350. The molecule has 0 saturated carbocycles. The van der Waals surface area contributed by atoms with Crippen molar-refractivity contribution in [3.05, 3.63) is 18.2 Å². The van der Waals surface area contributed by atoms with Gasteiger partial charge in [-0.05, 0) is 26.0 Å². The van der Waals surface area contributed by atoms with Gasteiger partial charge in [0.1, 0.15) is 24.7 Å². The van der Waals surface area contributed by atoms with Crippen LogP contribution in [-0.4, -0.2) is 43.4 Å². The van der Waals surface area contributed by atoms with Gasteiger partial charge in [-0.2, -0.15) is 0 Å². The van der Waals surface area contributed by atoms with Crippen molar-refractivity contribution in [1.82, 2.24) is 0 Å². The predicted molar refractivity (Wildman–Crippen MR) is 75.9 cm³/mol. The van der Waals surface area contributed by atoms with Crippen molar-refractivity contribution >= 4 is 17.6 Å². The van der Waals surface area contributed by atoms with E-state index in [2.05, 4.69) is 5.32 Å². The number of carboxylic acids is 1. The molecule has 116 valence electrons. The number of carboxylic acid groups (broad SMARTS) is 1. The molecule has 0 bridgehead atoms. The Morgan fingerprint density at radius 1 is 1.14 bits per heavy atom. The van der Waals surface area contributed by atoms with Crippen LogP contribution in [0.25, 0.3) is 0 Å². The first kappa shape index (κ1) is 16.8. The van der Waals surface area contributed by atoms with Crippen molar-refractivity contribution in [1.29, 1.82) is 0 Å². The zero-order chi connectivity index (χ0) is 15.7. The van der Waals surface area contributed by atoms with Gasteiger partial charge in [0, 0.05) is 6.07 Å². The van der Waals surface area contributed by atoms with E-state index in [-0.39, 0.29) is 6.61 Å². The van der Waals surface area contributed by atoms with Gasteiger partial charge in [0.15, 0.2) is 0 Å². The molecule has 0 fully saturated rings. The Morgan fingerprint density at radius 3 is 2.48 bits per heavy atom. The van der Waals surface area contributed by atoms with E-state index >= 15 is 0 Å². The smallest absolute Gasteiger partial charge is 0.329 e. The van der Waals surface area contributed by atoms with Gasteiger partial charge in [0.2, 0.25) is 5.91 Å². The average Bonchev–Trinajstić information content (AvgIpc) is 2.41. The van der Waals surface area contributed by atoms with Crippen LogP contribution < -0.4 is 14.8 Å². The lowest BCUT2D eigenvalue weighted by atomic mass is 10.2. The standard InChI is InChI=1S/C14H19NO6/c1-3-20-10-5-6-12(21-4-2)11(7-10)15-13(16)8-19-9-14(17)18/h5-7H,3-4,8-9H2,1-2H3,(H,15,16)(H,17,18). The van der Waals surface area contributed by atoms with E-state index in [9.17, 15) is 9.59 Å². The third kappa shape index (κ3) is 6.13. The van der Waals surface area contributed by atoms with E-state index in [0.29, 0.717) is 30.4 Å². The van der Waals surface area contributed by atoms with Gasteiger partial charge in [-0.1, -0.05) is 0 Å². The van der Waals surface area contributed by atoms with Gasteiger partial charge in [-0.3, -0.25) is 4.79 Å². The minimum Gasteiger partial charge on any atom is -0.494 e. The van der Waals surface area contributed by atoms with Crippen molar-refractivity contribution in [3.63, 3.8) is 0 Å². The molecule has 0 aliphatic carbocycles. The minimum atomic E-state index is -1.13. The number of rotatable bonds is 9. The fraction of sp³-hybridized carbons (Fsp3) is 0.429. The number of hydrogen-bond donors (Lipinski definition) is 2. The summed E-state index contributed by atoms with van der Waals surface area (Å²) in [5.41, 5.74) is 0.451. The Bertz CT molecular complexity index is 488. The molecule has 0 spiro atoms. The lowest BCUT2D eigenvalue weighted by Crippen LogP contribution is -2.21. The first-order chi connectivity index (χ1) is 10.1. The van der Waals surface area contributed by atoms with Crippen molar-refractivity contribution in [2.45, 2.75) is 13.8 Å². The molecule has 0 radical (unpaired) electrons. The molecular weight excluding hydrogens is 278 g/mol. The molecule has 0 aromatic heterocycles. The molecule has 7 heteroatoms. The highest BCUT2D eigenvalue weighted by atomic mass is 16.5. The number of hydrogen-bond acceptors (Lipinski definition) is 5. The summed E-state index contributed by atoms with van der Waals surface area (Å²) in [6, 6.07) is 5.08. The number of ether oxygens (including phenoxy) is 3. The Hall–Kier alpha value is -2.28. The summed E-state index contributed by atoms with van der Waals surface area (Å²) in [4.78, 5) is 22.0. The molecule has 0 unspecified atom stereocenters. The van der Waals surface area contributed by atoms with Crippen LogP contribution in [0.15, 0.2) is 18.2 Å². The summed E-state index contributed by atoms with van der Waals surface area (Å²) in [5, 5.41) is 11.0. The number of benzene rings is 1. The Kier molecular flexibility index (Phi) is 7.03. The fourth-order valence-corrected chi connectivity index (χ4v) is 1.56. The van der Waals surface area contributed by atoms with Crippen LogP contribution in [0.1, 0.15) is 13.8 Å². The van der Waals surface area contributed by atoms with Crippen LogP contribution in [0.4, 0.5) is 5.69 Å². The van der Waals surface area contributed by atoms with Gasteiger partial charge in [0.25, 0.3) is 0 Å². The normalized spacial score (nSPS) is 10.0. The second kappa shape index (κ2) is 8.80. The molecule has 7 nitrogen and oxygen atoms in total. The number of carbonyl (C=O) groups excluding carboxylic acids is 1. The predicted octanol–water partition coefficient (Wildman–Crippen LogP) is 1.52. The van der Waals surface area contributed by atoms with E-state index in [4.69, 9.17) is 19.3 Å². The molecule has 0 aliphatic rings. The highest BCUT2D eigenvalue weighted by molar-refractivity contribution is 5.93. The van der Waals surface area contributed by atoms with E-state index < -0.39 is 18.5 Å². The molecule has 1 amide bonds. The lowest BCUT2D eigenvalue weighted by molar-refractivity contribution is -0.143. The van der Waals surface area contributed by atoms with E-state index in [1.165, 1.54) is 0 Å². The van der Waals surface area contributed by atoms with Crippen LogP contribution in [0.3, 0.4) is 0 Å². The summed E-state index contributed by atoms with van der Waals surface area (Å²) < 4.78 is 15.5. The molecule has 0 aliphatic heterocycles. The highest BCUT2D eigenvalue weighted by Crippen LogP contribution is 2.29. The summed E-state index contributed by atoms with van der Waals surface area (Å²) in [5.74, 6) is -0.489. The van der Waals surface area contributed by atoms with Crippen molar-refractivity contribution in [3.8, 4) is 11.5 Å². The van der Waals surface area contributed by atoms with Crippen molar-refractivity contribution in [2.75, 3.05) is 31.7 Å². The summed E-state index contributed by atoms with van der Waals surface area (Å²) >= 11 is 0. The third-order valence-corrected chi connectivity index (χ3v) is 2.29. The van der Waals surface area contributed by atoms with E-state index in [1.54, 1.807) is 18.2 Å². The van der Waals surface area contributed by atoms with Crippen molar-refractivity contribution < 1.29 is 28.9 Å². The number of amides is 1. The van der Waals surface area contributed by atoms with Gasteiger partial charge >= 0.3 is 5.97 Å². The quantitative estimate of drug-likeness (QED) is 0.717. The highest BCUT2D eigenvalue weighted by Gasteiger charge is 2.10. The van der Waals surface area contributed by atoms with E-state index in [1.807, 2.05) is 13.8 Å². The lowest BCUT2D eigenvalue weighted by Gasteiger charge is -2.13. The summed E-state index contributed by atoms with van der Waals surface area (Å²) in [6.07, 6.45) is 0. The van der Waals surface area contributed by atoms with Gasteiger partial charge in [0.05, 0.1) is 18.9 Å². The molecular formula is C14H19NO6. The van der Waals surface area contributed by atoms with Crippen LogP contribution in [0.2, 0.25) is 0 Å². The Labute approximate surface area is 122 Å². The topological polar surface area (TPSA) is 94.1 Å². The molecule has 1 aromatic carbocycles. The number of nitrogens with one attached hydrogen (secondary N) is 1. The molecule has 2 N–H and O–H groups in total. The number of carbonyl (C=O) groups is 2. The fourth-order valence-electron chi connectivity index (χ4n) is 1.56. The van der Waals surface area contributed by atoms with Crippen LogP contribution >= 0.6 is 0 Å². The van der Waals surface area contributed by atoms with Crippen molar-refractivity contribution in [2.24, 2.45) is 0 Å². The summed E-state index contributed by atoms with van der Waals surface area (Å²) in [7, 11) is 0. The van der Waals surface area contributed by atoms with Crippen LogP contribution in [0.5, 0.6) is 11.5 Å². The van der Waals surface area contributed by atoms with Gasteiger partial charge in [-0.25, -0.2) is 4.79 Å². The molecule has 1 rings (SSSR count). The molecule has 0 saturated heterocycles. The first-order valence-electron chi connectivity index (χ1n) is 6.55. The Morgan fingerprint density at radius 2 is 1.86 bits per heavy atom. The zero-order valence-electron chi connectivity index (χ0n) is 12.0. The maximum Gasteiger partial charge on any atom is 0.329 e. The van der Waals surface area contributed by atoms with Gasteiger partial charge < -0.3 is 24.6 Å². The Balaban J connectivity index is 2.71. The maximum atomic E-state index is 11.7. The average molecular weight is 297 g/mol. The van der Waals surface area contributed by atoms with Crippen LogP contribution in [0, 0.1) is 0 Å². The molecule has 21 heavy (non-hydrogen) atoms. The second-order valence-electron chi connectivity index (χ2n) is 3.96. The zero-order valence-corrected chi connectivity index (χ0v) is 12.0. The van der Waals surface area contributed by atoms with Crippen LogP contribution in [-0.2, 0) is 14.3 Å². The first-order valence-corrected chi connectivity index (χ1v) is 6.55. The monoisotopic (exact) mass is 297 g/mol. The molecule has 0 atom stereocenters. The van der Waals surface area contributed by atoms with Gasteiger partial charge in [-0.15, -0.1) is 0 Å².